The van der Waals surface area contributed by atoms with Crippen LogP contribution in [0.5, 0.6) is 0 Å². The first-order chi connectivity index (χ1) is 11.5. The van der Waals surface area contributed by atoms with E-state index in [1.54, 1.807) is 35.1 Å². The van der Waals surface area contributed by atoms with Crippen LogP contribution in [-0.2, 0) is 9.53 Å². The van der Waals surface area contributed by atoms with Gasteiger partial charge >= 0.3 is 5.97 Å². The number of carbonyl (C=O) groups is 2. The molecule has 2 rings (SSSR count). The summed E-state index contributed by atoms with van der Waals surface area (Å²) < 4.78 is 6.10. The highest BCUT2D eigenvalue weighted by Gasteiger charge is 2.10. The lowest BCUT2D eigenvalue weighted by molar-refractivity contribution is -0.140. The van der Waals surface area contributed by atoms with Crippen LogP contribution in [0.1, 0.15) is 29.8 Å². The van der Waals surface area contributed by atoms with Gasteiger partial charge in [-0.2, -0.15) is 5.10 Å². The standard InChI is InChI=1S/C16H17Cl2N3O3/c1-24-15(22)4-2-3-8-19-16(23)14-7-9-21(20-14)11-5-6-12(17)13(18)10-11/h5-7,9-10H,2-4,8H2,1H3,(H,19,23). The monoisotopic (exact) mass is 369 g/mol. The van der Waals surface area contributed by atoms with Crippen molar-refractivity contribution in [2.75, 3.05) is 13.7 Å². The molecule has 0 fully saturated rings. The highest BCUT2D eigenvalue weighted by Crippen LogP contribution is 2.24. The van der Waals surface area contributed by atoms with Crippen molar-refractivity contribution < 1.29 is 14.3 Å². The molecule has 0 atom stereocenters. The minimum Gasteiger partial charge on any atom is -0.469 e. The van der Waals surface area contributed by atoms with Gasteiger partial charge < -0.3 is 10.1 Å². The molecule has 0 unspecified atom stereocenters. The zero-order valence-electron chi connectivity index (χ0n) is 13.1. The molecule has 2 aromatic rings. The third kappa shape index (κ3) is 4.97. The molecular formula is C16H17Cl2N3O3. The van der Waals surface area contributed by atoms with E-state index >= 15 is 0 Å². The number of rotatable bonds is 7. The molecule has 6 nitrogen and oxygen atoms in total. The highest BCUT2D eigenvalue weighted by molar-refractivity contribution is 6.42. The van der Waals surface area contributed by atoms with E-state index in [0.717, 1.165) is 0 Å². The average molecular weight is 370 g/mol. The number of hydrogen-bond donors (Lipinski definition) is 1. The summed E-state index contributed by atoms with van der Waals surface area (Å²) in [6, 6.07) is 6.72. The van der Waals surface area contributed by atoms with Gasteiger partial charge in [-0.3, -0.25) is 9.59 Å². The second-order valence-corrected chi connectivity index (χ2v) is 5.85. The number of carbonyl (C=O) groups excluding carboxylic acids is 2. The molecule has 0 bridgehead atoms. The van der Waals surface area contributed by atoms with Crippen LogP contribution in [-0.4, -0.2) is 35.3 Å². The van der Waals surface area contributed by atoms with Gasteiger partial charge in [0, 0.05) is 19.2 Å². The summed E-state index contributed by atoms with van der Waals surface area (Å²) in [6.45, 7) is 0.468. The Morgan fingerprint density at radius 1 is 1.21 bits per heavy atom. The van der Waals surface area contributed by atoms with Crippen LogP contribution in [0.25, 0.3) is 5.69 Å². The van der Waals surface area contributed by atoms with Gasteiger partial charge in [0.2, 0.25) is 0 Å². The lowest BCUT2D eigenvalue weighted by Gasteiger charge is -2.04. The smallest absolute Gasteiger partial charge is 0.305 e. The summed E-state index contributed by atoms with van der Waals surface area (Å²) in [6.07, 6.45) is 3.36. The number of methoxy groups -OCH3 is 1. The first kappa shape index (κ1) is 18.3. The maximum Gasteiger partial charge on any atom is 0.305 e. The number of aromatic nitrogens is 2. The molecule has 8 heteroatoms. The molecule has 0 spiro atoms. The number of hydrogen-bond acceptors (Lipinski definition) is 4. The highest BCUT2D eigenvalue weighted by atomic mass is 35.5. The fourth-order valence-corrected chi connectivity index (χ4v) is 2.30. The number of benzene rings is 1. The minimum absolute atomic E-state index is 0.248. The summed E-state index contributed by atoms with van der Waals surface area (Å²) in [4.78, 5) is 23.0. The Morgan fingerprint density at radius 2 is 2.00 bits per heavy atom. The topological polar surface area (TPSA) is 73.2 Å². The zero-order valence-corrected chi connectivity index (χ0v) is 14.6. The molecule has 24 heavy (non-hydrogen) atoms. The van der Waals surface area contributed by atoms with Gasteiger partial charge in [-0.15, -0.1) is 0 Å². The maximum absolute atomic E-state index is 12.0. The molecule has 0 saturated carbocycles. The van der Waals surface area contributed by atoms with Gasteiger partial charge in [-0.1, -0.05) is 23.2 Å². The quantitative estimate of drug-likeness (QED) is 0.600. The summed E-state index contributed by atoms with van der Waals surface area (Å²) in [5, 5.41) is 7.86. The molecule has 1 amide bonds. The van der Waals surface area contributed by atoms with Crippen molar-refractivity contribution >= 4 is 35.1 Å². The number of amides is 1. The van der Waals surface area contributed by atoms with E-state index < -0.39 is 0 Å². The Balaban J connectivity index is 1.87. The minimum atomic E-state index is -0.271. The molecule has 1 aromatic heterocycles. The van der Waals surface area contributed by atoms with Crippen LogP contribution in [0, 0.1) is 0 Å². The van der Waals surface area contributed by atoms with Gasteiger partial charge in [0.25, 0.3) is 5.91 Å². The summed E-state index contributed by atoms with van der Waals surface area (Å²) in [7, 11) is 1.36. The number of ether oxygens (including phenoxy) is 1. The Morgan fingerprint density at radius 3 is 2.71 bits per heavy atom. The SMILES string of the molecule is COC(=O)CCCCNC(=O)c1ccn(-c2ccc(Cl)c(Cl)c2)n1. The van der Waals surface area contributed by atoms with Crippen molar-refractivity contribution in [1.29, 1.82) is 0 Å². The largest absolute Gasteiger partial charge is 0.469 e. The van der Waals surface area contributed by atoms with Gasteiger partial charge in [0.15, 0.2) is 5.69 Å². The van der Waals surface area contributed by atoms with Crippen molar-refractivity contribution in [3.63, 3.8) is 0 Å². The van der Waals surface area contributed by atoms with E-state index in [4.69, 9.17) is 23.2 Å². The van der Waals surface area contributed by atoms with E-state index in [-0.39, 0.29) is 11.9 Å². The predicted octanol–water partition coefficient (Wildman–Crippen LogP) is 3.25. The van der Waals surface area contributed by atoms with Gasteiger partial charge in [0.05, 0.1) is 22.8 Å². The van der Waals surface area contributed by atoms with E-state index in [2.05, 4.69) is 15.2 Å². The van der Waals surface area contributed by atoms with Gasteiger partial charge in [-0.25, -0.2) is 4.68 Å². The zero-order chi connectivity index (χ0) is 17.5. The maximum atomic E-state index is 12.0. The molecule has 0 radical (unpaired) electrons. The van der Waals surface area contributed by atoms with Crippen LogP contribution < -0.4 is 5.32 Å². The fourth-order valence-electron chi connectivity index (χ4n) is 2.01. The van der Waals surface area contributed by atoms with E-state index in [1.807, 2.05) is 0 Å². The normalized spacial score (nSPS) is 10.5. The number of unbranched alkanes of at least 4 members (excludes halogenated alkanes) is 1. The first-order valence-electron chi connectivity index (χ1n) is 7.37. The molecular weight excluding hydrogens is 353 g/mol. The Labute approximate surface area is 149 Å². The van der Waals surface area contributed by atoms with E-state index in [9.17, 15) is 9.59 Å². The van der Waals surface area contributed by atoms with Gasteiger partial charge in [0.1, 0.15) is 0 Å². The Kier molecular flexibility index (Phi) is 6.63. The number of esters is 1. The van der Waals surface area contributed by atoms with E-state index in [1.165, 1.54) is 7.11 Å². The van der Waals surface area contributed by atoms with Crippen molar-refractivity contribution in [2.45, 2.75) is 19.3 Å². The van der Waals surface area contributed by atoms with Crippen LogP contribution in [0.4, 0.5) is 0 Å². The second kappa shape index (κ2) is 8.70. The van der Waals surface area contributed by atoms with Crippen molar-refractivity contribution in [3.8, 4) is 5.69 Å². The van der Waals surface area contributed by atoms with Crippen molar-refractivity contribution in [1.82, 2.24) is 15.1 Å². The predicted molar refractivity (Wildman–Crippen MR) is 91.8 cm³/mol. The molecule has 0 saturated heterocycles. The third-order valence-electron chi connectivity index (χ3n) is 3.31. The van der Waals surface area contributed by atoms with Crippen LogP contribution in [0.15, 0.2) is 30.5 Å². The lowest BCUT2D eigenvalue weighted by atomic mass is 10.2. The van der Waals surface area contributed by atoms with Crippen LogP contribution >= 0.6 is 23.2 Å². The van der Waals surface area contributed by atoms with Gasteiger partial charge in [-0.05, 0) is 37.1 Å². The number of nitrogens with zero attached hydrogens (tertiary/aromatic N) is 2. The third-order valence-corrected chi connectivity index (χ3v) is 4.05. The fraction of sp³-hybridized carbons (Fsp3) is 0.312. The summed E-state index contributed by atoms with van der Waals surface area (Å²) in [5.74, 6) is -0.520. The number of nitrogens with one attached hydrogen (secondary N) is 1. The molecule has 0 aliphatic rings. The molecule has 1 N–H and O–H groups in total. The van der Waals surface area contributed by atoms with Crippen molar-refractivity contribution in [3.05, 3.63) is 46.2 Å². The van der Waals surface area contributed by atoms with Crippen molar-refractivity contribution in [2.24, 2.45) is 0 Å². The Hall–Kier alpha value is -2.05. The lowest BCUT2D eigenvalue weighted by Crippen LogP contribution is -2.25. The number of halogens is 2. The van der Waals surface area contributed by atoms with Crippen LogP contribution in [0.2, 0.25) is 10.0 Å². The Bertz CT molecular complexity index is 731. The average Bonchev–Trinajstić information content (AvgIpc) is 3.06. The molecule has 1 aromatic carbocycles. The summed E-state index contributed by atoms with van der Waals surface area (Å²) in [5.41, 5.74) is 1.01. The molecule has 128 valence electrons. The molecule has 1 heterocycles. The van der Waals surface area contributed by atoms with E-state index in [0.29, 0.717) is 47.2 Å². The molecule has 0 aliphatic heterocycles. The summed E-state index contributed by atoms with van der Waals surface area (Å²) >= 11 is 11.9. The second-order valence-electron chi connectivity index (χ2n) is 5.03. The molecule has 0 aliphatic carbocycles. The van der Waals surface area contributed by atoms with Crippen LogP contribution in [0.3, 0.4) is 0 Å². The first-order valence-corrected chi connectivity index (χ1v) is 8.13.